The number of aromatic nitrogens is 3. The first-order valence-corrected chi connectivity index (χ1v) is 3.15. The molecule has 0 aromatic carbocycles. The summed E-state index contributed by atoms with van der Waals surface area (Å²) in [5, 5.41) is 0. The molecule has 2 rings (SSSR count). The van der Waals surface area contributed by atoms with E-state index >= 15 is 0 Å². The van der Waals surface area contributed by atoms with Crippen molar-refractivity contribution < 1.29 is 4.79 Å². The fraction of sp³-hybridized carbons (Fsp3) is 0. The van der Waals surface area contributed by atoms with Gasteiger partial charge in [0.1, 0.15) is 5.52 Å². The summed E-state index contributed by atoms with van der Waals surface area (Å²) in [6.45, 7) is 0. The summed E-state index contributed by atoms with van der Waals surface area (Å²) in [6.07, 6.45) is 3.94. The lowest BCUT2D eigenvalue weighted by Crippen LogP contribution is -1.78. The van der Waals surface area contributed by atoms with E-state index in [1.165, 1.54) is 0 Å². The highest BCUT2D eigenvalue weighted by atomic mass is 16.1. The van der Waals surface area contributed by atoms with Crippen LogP contribution in [0.1, 0.15) is 10.6 Å². The number of H-pyrrole nitrogens is 1. The van der Waals surface area contributed by atoms with E-state index < -0.39 is 0 Å². The molecule has 2 aromatic heterocycles. The molecular weight excluding hydrogens is 142 g/mol. The van der Waals surface area contributed by atoms with Gasteiger partial charge in [-0.15, -0.1) is 0 Å². The highest BCUT2D eigenvalue weighted by Crippen LogP contribution is 2.06. The first-order valence-electron chi connectivity index (χ1n) is 3.15. The zero-order valence-electron chi connectivity index (χ0n) is 5.61. The van der Waals surface area contributed by atoms with Crippen LogP contribution in [-0.2, 0) is 0 Å². The Kier molecular flexibility index (Phi) is 1.18. The van der Waals surface area contributed by atoms with Crippen molar-refractivity contribution in [2.24, 2.45) is 0 Å². The van der Waals surface area contributed by atoms with Gasteiger partial charge in [-0.25, -0.2) is 4.98 Å². The summed E-state index contributed by atoms with van der Waals surface area (Å²) in [5.41, 5.74) is 1.55. The third-order valence-electron chi connectivity index (χ3n) is 1.42. The second-order valence-corrected chi connectivity index (χ2v) is 2.13. The maximum absolute atomic E-state index is 10.3. The summed E-state index contributed by atoms with van der Waals surface area (Å²) >= 11 is 0. The average molecular weight is 147 g/mol. The van der Waals surface area contributed by atoms with E-state index in [0.717, 1.165) is 11.0 Å². The number of nitrogens with zero attached hydrogens (tertiary/aromatic N) is 2. The van der Waals surface area contributed by atoms with Gasteiger partial charge in [-0.2, -0.15) is 0 Å². The number of hydrogen-bond acceptors (Lipinski definition) is 3. The quantitative estimate of drug-likeness (QED) is 0.606. The Balaban J connectivity index is 2.78. The predicted octanol–water partition coefficient (Wildman–Crippen LogP) is 0.770. The van der Waals surface area contributed by atoms with Crippen LogP contribution < -0.4 is 0 Å². The molecule has 4 heteroatoms. The van der Waals surface area contributed by atoms with Crippen molar-refractivity contribution in [3.8, 4) is 0 Å². The summed E-state index contributed by atoms with van der Waals surface area (Å²) < 4.78 is 0. The van der Waals surface area contributed by atoms with Gasteiger partial charge in [0.2, 0.25) is 0 Å². The zero-order chi connectivity index (χ0) is 7.68. The van der Waals surface area contributed by atoms with E-state index in [2.05, 4.69) is 15.0 Å². The number of imidazole rings is 1. The third-order valence-corrected chi connectivity index (χ3v) is 1.42. The van der Waals surface area contributed by atoms with Crippen LogP contribution in [0.15, 0.2) is 18.5 Å². The van der Waals surface area contributed by atoms with Gasteiger partial charge in [-0.1, -0.05) is 0 Å². The molecule has 0 saturated carbocycles. The van der Waals surface area contributed by atoms with Gasteiger partial charge >= 0.3 is 0 Å². The Bertz CT molecular complexity index is 360. The fourth-order valence-electron chi connectivity index (χ4n) is 0.932. The van der Waals surface area contributed by atoms with Crippen molar-refractivity contribution in [2.45, 2.75) is 0 Å². The number of nitrogens with one attached hydrogen (secondary N) is 1. The SMILES string of the molecule is O=Cc1nc2cnccc2[nH]1. The number of hydrogen-bond donors (Lipinski definition) is 1. The van der Waals surface area contributed by atoms with E-state index in [1.807, 2.05) is 0 Å². The largest absolute Gasteiger partial charge is 0.336 e. The molecule has 0 unspecified atom stereocenters. The zero-order valence-corrected chi connectivity index (χ0v) is 5.61. The Morgan fingerprint density at radius 3 is 3.18 bits per heavy atom. The van der Waals surface area contributed by atoms with Crippen molar-refractivity contribution in [3.63, 3.8) is 0 Å². The summed E-state index contributed by atoms with van der Waals surface area (Å²) in [6, 6.07) is 1.77. The molecule has 54 valence electrons. The van der Waals surface area contributed by atoms with Crippen molar-refractivity contribution in [2.75, 3.05) is 0 Å². The van der Waals surface area contributed by atoms with Crippen LogP contribution in [0, 0.1) is 0 Å². The molecule has 0 aliphatic rings. The lowest BCUT2D eigenvalue weighted by Gasteiger charge is -1.80. The highest BCUT2D eigenvalue weighted by Gasteiger charge is 1.98. The molecule has 0 bridgehead atoms. The van der Waals surface area contributed by atoms with Crippen LogP contribution in [0.2, 0.25) is 0 Å². The number of carbonyl (C=O) groups excluding carboxylic acids is 1. The van der Waals surface area contributed by atoms with Crippen LogP contribution in [0.25, 0.3) is 11.0 Å². The number of carbonyl (C=O) groups is 1. The smallest absolute Gasteiger partial charge is 0.185 e. The molecule has 0 aliphatic carbocycles. The monoisotopic (exact) mass is 147 g/mol. The van der Waals surface area contributed by atoms with Gasteiger partial charge in [0.25, 0.3) is 0 Å². The maximum atomic E-state index is 10.3. The average Bonchev–Trinajstić information content (AvgIpc) is 2.46. The molecule has 0 aliphatic heterocycles. The Hall–Kier alpha value is -1.71. The molecule has 0 spiro atoms. The van der Waals surface area contributed by atoms with Gasteiger partial charge in [-0.05, 0) is 6.07 Å². The number of pyridine rings is 1. The molecule has 2 heterocycles. The van der Waals surface area contributed by atoms with E-state index in [4.69, 9.17) is 0 Å². The third kappa shape index (κ3) is 0.881. The normalized spacial score (nSPS) is 10.2. The Morgan fingerprint density at radius 1 is 1.55 bits per heavy atom. The standard InChI is InChI=1S/C7H5N3O/c11-4-7-9-5-1-2-8-3-6(5)10-7/h1-4H,(H,9,10). The van der Waals surface area contributed by atoms with Crippen molar-refractivity contribution in [3.05, 3.63) is 24.3 Å². The number of fused-ring (bicyclic) bond motifs is 1. The van der Waals surface area contributed by atoms with Gasteiger partial charge in [0.15, 0.2) is 12.1 Å². The van der Waals surface area contributed by atoms with E-state index in [9.17, 15) is 4.79 Å². The first-order chi connectivity index (χ1) is 5.40. The van der Waals surface area contributed by atoms with Crippen LogP contribution in [-0.4, -0.2) is 21.2 Å². The summed E-state index contributed by atoms with van der Waals surface area (Å²) in [5.74, 6) is 0.341. The number of rotatable bonds is 1. The van der Waals surface area contributed by atoms with Crippen LogP contribution >= 0.6 is 0 Å². The minimum absolute atomic E-state index is 0.341. The molecule has 11 heavy (non-hydrogen) atoms. The minimum Gasteiger partial charge on any atom is -0.336 e. The fourth-order valence-corrected chi connectivity index (χ4v) is 0.932. The lowest BCUT2D eigenvalue weighted by atomic mass is 10.4. The van der Waals surface area contributed by atoms with Gasteiger partial charge < -0.3 is 4.98 Å². The molecule has 0 fully saturated rings. The van der Waals surface area contributed by atoms with E-state index in [0.29, 0.717) is 12.1 Å². The molecular formula is C7H5N3O. The van der Waals surface area contributed by atoms with Gasteiger partial charge in [0.05, 0.1) is 11.7 Å². The molecule has 4 nitrogen and oxygen atoms in total. The summed E-state index contributed by atoms with van der Waals surface area (Å²) in [4.78, 5) is 20.9. The topological polar surface area (TPSA) is 58.6 Å². The van der Waals surface area contributed by atoms with Crippen molar-refractivity contribution in [1.29, 1.82) is 0 Å². The summed E-state index contributed by atoms with van der Waals surface area (Å²) in [7, 11) is 0. The first kappa shape index (κ1) is 6.03. The molecule has 0 amide bonds. The molecule has 0 saturated heterocycles. The molecule has 0 radical (unpaired) electrons. The minimum atomic E-state index is 0.341. The van der Waals surface area contributed by atoms with Crippen LogP contribution in [0.3, 0.4) is 0 Å². The van der Waals surface area contributed by atoms with Crippen LogP contribution in [0.5, 0.6) is 0 Å². The van der Waals surface area contributed by atoms with E-state index in [-0.39, 0.29) is 0 Å². The number of aromatic amines is 1. The molecule has 1 N–H and O–H groups in total. The highest BCUT2D eigenvalue weighted by molar-refractivity contribution is 5.80. The predicted molar refractivity (Wildman–Crippen MR) is 39.3 cm³/mol. The molecule has 2 aromatic rings. The Labute approximate surface area is 62.3 Å². The van der Waals surface area contributed by atoms with Crippen molar-refractivity contribution >= 4 is 17.3 Å². The second kappa shape index (κ2) is 2.16. The maximum Gasteiger partial charge on any atom is 0.185 e. The van der Waals surface area contributed by atoms with Gasteiger partial charge in [-0.3, -0.25) is 9.78 Å². The molecule has 0 atom stereocenters. The van der Waals surface area contributed by atoms with E-state index in [1.54, 1.807) is 18.5 Å². The number of aldehydes is 1. The lowest BCUT2D eigenvalue weighted by molar-refractivity contribution is 0.111. The Morgan fingerprint density at radius 2 is 2.45 bits per heavy atom. The van der Waals surface area contributed by atoms with Gasteiger partial charge in [0, 0.05) is 6.20 Å². The second-order valence-electron chi connectivity index (χ2n) is 2.13. The van der Waals surface area contributed by atoms with Crippen LogP contribution in [0.4, 0.5) is 0 Å². The van der Waals surface area contributed by atoms with Crippen molar-refractivity contribution in [1.82, 2.24) is 15.0 Å².